The van der Waals surface area contributed by atoms with Crippen LogP contribution in [0.3, 0.4) is 0 Å². The maximum absolute atomic E-state index is 12.2. The fourth-order valence-electron chi connectivity index (χ4n) is 2.33. The van der Waals surface area contributed by atoms with E-state index in [1.807, 2.05) is 6.07 Å². The van der Waals surface area contributed by atoms with Crippen molar-refractivity contribution in [2.24, 2.45) is 0 Å². The lowest BCUT2D eigenvalue weighted by atomic mass is 10.2. The SMILES string of the molecule is COc1ccccc1N(CCC(=O)Nc1c(Cl)cccc1Cl)C(C)=O. The molecule has 0 aliphatic heterocycles. The minimum absolute atomic E-state index is 0.0825. The van der Waals surface area contributed by atoms with Gasteiger partial charge in [0.2, 0.25) is 11.8 Å². The molecule has 1 N–H and O–H groups in total. The van der Waals surface area contributed by atoms with Gasteiger partial charge in [-0.3, -0.25) is 9.59 Å². The highest BCUT2D eigenvalue weighted by Gasteiger charge is 2.18. The molecule has 0 bridgehead atoms. The van der Waals surface area contributed by atoms with Crippen molar-refractivity contribution in [1.29, 1.82) is 0 Å². The standard InChI is InChI=1S/C18H18Cl2N2O3/c1-12(23)22(15-8-3-4-9-16(15)25-2)11-10-17(24)21-18-13(19)6-5-7-14(18)20/h3-9H,10-11H2,1-2H3,(H,21,24). The average Bonchev–Trinajstić information content (AvgIpc) is 2.58. The Morgan fingerprint density at radius 1 is 1.08 bits per heavy atom. The van der Waals surface area contributed by atoms with Gasteiger partial charge in [-0.15, -0.1) is 0 Å². The number of benzene rings is 2. The molecule has 0 aliphatic rings. The number of amides is 2. The van der Waals surface area contributed by atoms with Crippen LogP contribution in [0.2, 0.25) is 10.0 Å². The van der Waals surface area contributed by atoms with E-state index in [4.69, 9.17) is 27.9 Å². The lowest BCUT2D eigenvalue weighted by molar-refractivity contribution is -0.117. The molecule has 2 aromatic rings. The molecule has 0 radical (unpaired) electrons. The molecular weight excluding hydrogens is 363 g/mol. The van der Waals surface area contributed by atoms with Crippen molar-refractivity contribution in [3.05, 3.63) is 52.5 Å². The first kappa shape index (κ1) is 19.1. The lowest BCUT2D eigenvalue weighted by Gasteiger charge is -2.23. The second-order valence-electron chi connectivity index (χ2n) is 5.24. The number of para-hydroxylation sites is 3. The van der Waals surface area contributed by atoms with Crippen molar-refractivity contribution in [3.8, 4) is 5.75 Å². The monoisotopic (exact) mass is 380 g/mol. The molecule has 0 saturated carbocycles. The molecule has 0 aromatic heterocycles. The van der Waals surface area contributed by atoms with Gasteiger partial charge in [0.15, 0.2) is 0 Å². The Kier molecular flexibility index (Phi) is 6.67. The van der Waals surface area contributed by atoms with Crippen molar-refractivity contribution < 1.29 is 14.3 Å². The number of hydrogen-bond donors (Lipinski definition) is 1. The Morgan fingerprint density at radius 2 is 1.72 bits per heavy atom. The number of nitrogens with zero attached hydrogens (tertiary/aromatic N) is 1. The van der Waals surface area contributed by atoms with Crippen molar-refractivity contribution in [1.82, 2.24) is 0 Å². The molecule has 132 valence electrons. The minimum atomic E-state index is -0.295. The van der Waals surface area contributed by atoms with E-state index in [-0.39, 0.29) is 24.8 Å². The molecule has 0 saturated heterocycles. The smallest absolute Gasteiger partial charge is 0.226 e. The maximum Gasteiger partial charge on any atom is 0.226 e. The van der Waals surface area contributed by atoms with Crippen LogP contribution in [-0.4, -0.2) is 25.5 Å². The molecule has 0 unspecified atom stereocenters. The van der Waals surface area contributed by atoms with E-state index in [0.717, 1.165) is 0 Å². The van der Waals surface area contributed by atoms with E-state index in [1.54, 1.807) is 36.4 Å². The Labute approximate surface area is 156 Å². The van der Waals surface area contributed by atoms with Crippen LogP contribution >= 0.6 is 23.2 Å². The maximum atomic E-state index is 12.2. The quantitative estimate of drug-likeness (QED) is 0.808. The van der Waals surface area contributed by atoms with Gasteiger partial charge in [-0.2, -0.15) is 0 Å². The van der Waals surface area contributed by atoms with E-state index >= 15 is 0 Å². The summed E-state index contributed by atoms with van der Waals surface area (Å²) in [6, 6.07) is 12.1. The highest BCUT2D eigenvalue weighted by Crippen LogP contribution is 2.30. The molecule has 5 nitrogen and oxygen atoms in total. The highest BCUT2D eigenvalue weighted by atomic mass is 35.5. The van der Waals surface area contributed by atoms with Gasteiger partial charge in [0, 0.05) is 19.9 Å². The molecule has 0 fully saturated rings. The second-order valence-corrected chi connectivity index (χ2v) is 6.05. The number of hydrogen-bond acceptors (Lipinski definition) is 3. The van der Waals surface area contributed by atoms with Crippen LogP contribution in [0.4, 0.5) is 11.4 Å². The topological polar surface area (TPSA) is 58.6 Å². The summed E-state index contributed by atoms with van der Waals surface area (Å²) < 4.78 is 5.28. The molecule has 2 aromatic carbocycles. The third-order valence-electron chi connectivity index (χ3n) is 3.55. The Morgan fingerprint density at radius 3 is 2.32 bits per heavy atom. The molecule has 25 heavy (non-hydrogen) atoms. The minimum Gasteiger partial charge on any atom is -0.495 e. The zero-order valence-electron chi connectivity index (χ0n) is 13.9. The van der Waals surface area contributed by atoms with Crippen LogP contribution in [0.1, 0.15) is 13.3 Å². The van der Waals surface area contributed by atoms with E-state index < -0.39 is 0 Å². The van der Waals surface area contributed by atoms with Crippen LogP contribution in [0.5, 0.6) is 5.75 Å². The number of carbonyl (C=O) groups is 2. The van der Waals surface area contributed by atoms with E-state index in [9.17, 15) is 9.59 Å². The molecule has 0 aliphatic carbocycles. The molecule has 2 amide bonds. The first-order valence-electron chi connectivity index (χ1n) is 7.59. The van der Waals surface area contributed by atoms with Gasteiger partial charge < -0.3 is 15.0 Å². The molecule has 0 heterocycles. The van der Waals surface area contributed by atoms with Crippen molar-refractivity contribution in [3.63, 3.8) is 0 Å². The average molecular weight is 381 g/mol. The number of halogens is 2. The first-order chi connectivity index (χ1) is 11.9. The molecule has 0 atom stereocenters. The number of nitrogens with one attached hydrogen (secondary N) is 1. The number of anilines is 2. The normalized spacial score (nSPS) is 10.2. The molecular formula is C18H18Cl2N2O3. The number of methoxy groups -OCH3 is 1. The summed E-state index contributed by atoms with van der Waals surface area (Å²) in [5.74, 6) is 0.0801. The van der Waals surface area contributed by atoms with Gasteiger partial charge in [0.1, 0.15) is 5.75 Å². The van der Waals surface area contributed by atoms with Crippen LogP contribution in [0.25, 0.3) is 0 Å². The highest BCUT2D eigenvalue weighted by molar-refractivity contribution is 6.39. The Hall–Kier alpha value is -2.24. The summed E-state index contributed by atoms with van der Waals surface area (Å²) in [6.45, 7) is 1.64. The molecule has 7 heteroatoms. The summed E-state index contributed by atoms with van der Waals surface area (Å²) in [4.78, 5) is 25.7. The molecule has 2 rings (SSSR count). The Balaban J connectivity index is 2.09. The van der Waals surface area contributed by atoms with E-state index in [0.29, 0.717) is 27.2 Å². The predicted octanol–water partition coefficient (Wildman–Crippen LogP) is 4.38. The zero-order valence-corrected chi connectivity index (χ0v) is 15.4. The van der Waals surface area contributed by atoms with Gasteiger partial charge in [-0.25, -0.2) is 0 Å². The predicted molar refractivity (Wildman–Crippen MR) is 101 cm³/mol. The third kappa shape index (κ3) is 4.87. The fraction of sp³-hybridized carbons (Fsp3) is 0.222. The van der Waals surface area contributed by atoms with Gasteiger partial charge in [0.25, 0.3) is 0 Å². The fourth-order valence-corrected chi connectivity index (χ4v) is 2.82. The van der Waals surface area contributed by atoms with Crippen LogP contribution in [0.15, 0.2) is 42.5 Å². The van der Waals surface area contributed by atoms with Crippen molar-refractivity contribution in [2.45, 2.75) is 13.3 Å². The third-order valence-corrected chi connectivity index (χ3v) is 4.18. The van der Waals surface area contributed by atoms with Crippen molar-refractivity contribution >= 4 is 46.4 Å². The van der Waals surface area contributed by atoms with E-state index in [2.05, 4.69) is 5.32 Å². The summed E-state index contributed by atoms with van der Waals surface area (Å²) in [7, 11) is 1.53. The van der Waals surface area contributed by atoms with Gasteiger partial charge in [0.05, 0.1) is 28.5 Å². The lowest BCUT2D eigenvalue weighted by Crippen LogP contribution is -2.32. The first-order valence-corrected chi connectivity index (χ1v) is 8.34. The number of ether oxygens (including phenoxy) is 1. The van der Waals surface area contributed by atoms with Crippen molar-refractivity contribution in [2.75, 3.05) is 23.9 Å². The van der Waals surface area contributed by atoms with Gasteiger partial charge >= 0.3 is 0 Å². The van der Waals surface area contributed by atoms with Crippen LogP contribution in [0, 0.1) is 0 Å². The molecule has 0 spiro atoms. The Bertz CT molecular complexity index is 760. The second kappa shape index (κ2) is 8.74. The summed E-state index contributed by atoms with van der Waals surface area (Å²) in [5, 5.41) is 3.39. The summed E-state index contributed by atoms with van der Waals surface area (Å²) in [5.41, 5.74) is 0.976. The summed E-state index contributed by atoms with van der Waals surface area (Å²) >= 11 is 12.1. The zero-order chi connectivity index (χ0) is 18.4. The number of carbonyl (C=O) groups excluding carboxylic acids is 2. The van der Waals surface area contributed by atoms with Crippen LogP contribution < -0.4 is 15.0 Å². The van der Waals surface area contributed by atoms with Crippen LogP contribution in [-0.2, 0) is 9.59 Å². The van der Waals surface area contributed by atoms with E-state index in [1.165, 1.54) is 18.9 Å². The summed E-state index contributed by atoms with van der Waals surface area (Å²) in [6.07, 6.45) is 0.0825. The van der Waals surface area contributed by atoms with Gasteiger partial charge in [-0.1, -0.05) is 41.4 Å². The largest absolute Gasteiger partial charge is 0.495 e. The van der Waals surface area contributed by atoms with Gasteiger partial charge in [-0.05, 0) is 24.3 Å². The number of rotatable bonds is 6.